The SMILES string of the molecule is CCCNC(CC(C)(C)C)c1nccn1C. The summed E-state index contributed by atoms with van der Waals surface area (Å²) in [6, 6.07) is 0.361. The number of hydrogen-bond acceptors (Lipinski definition) is 2. The molecule has 3 heteroatoms. The van der Waals surface area contributed by atoms with E-state index in [4.69, 9.17) is 0 Å². The van der Waals surface area contributed by atoms with E-state index in [1.54, 1.807) is 0 Å². The predicted molar refractivity (Wildman–Crippen MR) is 68.3 cm³/mol. The molecule has 0 saturated heterocycles. The number of nitrogens with zero attached hydrogens (tertiary/aromatic N) is 2. The number of nitrogens with one attached hydrogen (secondary N) is 1. The standard InChI is InChI=1S/C13H25N3/c1-6-7-14-11(10-13(2,3)4)12-15-8-9-16(12)5/h8-9,11,14H,6-7,10H2,1-5H3. The highest BCUT2D eigenvalue weighted by Gasteiger charge is 2.22. The van der Waals surface area contributed by atoms with E-state index in [0.29, 0.717) is 11.5 Å². The summed E-state index contributed by atoms with van der Waals surface area (Å²) in [4.78, 5) is 4.45. The minimum atomic E-state index is 0.317. The van der Waals surface area contributed by atoms with Crippen LogP contribution in [0.3, 0.4) is 0 Å². The van der Waals surface area contributed by atoms with Crippen LogP contribution in [0.25, 0.3) is 0 Å². The first kappa shape index (κ1) is 13.2. The molecule has 0 aromatic carbocycles. The molecule has 3 nitrogen and oxygen atoms in total. The molecular weight excluding hydrogens is 198 g/mol. The molecule has 0 saturated carbocycles. The van der Waals surface area contributed by atoms with Crippen LogP contribution in [0.1, 0.15) is 52.4 Å². The highest BCUT2D eigenvalue weighted by molar-refractivity contribution is 4.99. The van der Waals surface area contributed by atoms with Crippen LogP contribution in [0, 0.1) is 5.41 Å². The third-order valence-corrected chi connectivity index (χ3v) is 2.63. The summed E-state index contributed by atoms with van der Waals surface area (Å²) in [6.45, 7) is 10.1. The molecular formula is C13H25N3. The second kappa shape index (κ2) is 5.48. The molecule has 0 aliphatic carbocycles. The number of aryl methyl sites for hydroxylation is 1. The van der Waals surface area contributed by atoms with Gasteiger partial charge in [0.25, 0.3) is 0 Å². The van der Waals surface area contributed by atoms with Gasteiger partial charge in [0, 0.05) is 19.4 Å². The lowest BCUT2D eigenvalue weighted by molar-refractivity contribution is 0.301. The molecule has 0 bridgehead atoms. The average molecular weight is 223 g/mol. The van der Waals surface area contributed by atoms with E-state index in [1.807, 2.05) is 12.4 Å². The molecule has 1 atom stereocenters. The second-order valence-corrected chi connectivity index (χ2v) is 5.67. The van der Waals surface area contributed by atoms with Gasteiger partial charge >= 0.3 is 0 Å². The topological polar surface area (TPSA) is 29.9 Å². The van der Waals surface area contributed by atoms with Crippen molar-refractivity contribution in [2.75, 3.05) is 6.54 Å². The molecule has 0 aliphatic rings. The zero-order chi connectivity index (χ0) is 12.2. The van der Waals surface area contributed by atoms with Crippen molar-refractivity contribution < 1.29 is 0 Å². The number of hydrogen-bond donors (Lipinski definition) is 1. The number of imidazole rings is 1. The van der Waals surface area contributed by atoms with Crippen LogP contribution in [0.4, 0.5) is 0 Å². The predicted octanol–water partition coefficient (Wildman–Crippen LogP) is 2.90. The van der Waals surface area contributed by atoms with Crippen molar-refractivity contribution in [3.8, 4) is 0 Å². The largest absolute Gasteiger partial charge is 0.337 e. The van der Waals surface area contributed by atoms with Gasteiger partial charge in [-0.25, -0.2) is 4.98 Å². The van der Waals surface area contributed by atoms with Gasteiger partial charge in [-0.2, -0.15) is 0 Å². The lowest BCUT2D eigenvalue weighted by Crippen LogP contribution is -2.28. The van der Waals surface area contributed by atoms with E-state index >= 15 is 0 Å². The van der Waals surface area contributed by atoms with Crippen LogP contribution in [-0.2, 0) is 7.05 Å². The van der Waals surface area contributed by atoms with E-state index in [2.05, 4.69) is 49.6 Å². The van der Waals surface area contributed by atoms with Crippen LogP contribution in [0.5, 0.6) is 0 Å². The molecule has 16 heavy (non-hydrogen) atoms. The van der Waals surface area contributed by atoms with Gasteiger partial charge in [-0.3, -0.25) is 0 Å². The van der Waals surface area contributed by atoms with Gasteiger partial charge in [0.1, 0.15) is 5.82 Å². The zero-order valence-corrected chi connectivity index (χ0v) is 11.2. The van der Waals surface area contributed by atoms with Crippen molar-refractivity contribution in [1.82, 2.24) is 14.9 Å². The normalized spacial score (nSPS) is 14.1. The Balaban J connectivity index is 2.75. The molecule has 0 aliphatic heterocycles. The molecule has 1 unspecified atom stereocenters. The summed E-state index contributed by atoms with van der Waals surface area (Å²) in [5, 5.41) is 3.59. The number of rotatable bonds is 5. The third-order valence-electron chi connectivity index (χ3n) is 2.63. The first-order valence-corrected chi connectivity index (χ1v) is 6.14. The van der Waals surface area contributed by atoms with E-state index in [-0.39, 0.29) is 0 Å². The zero-order valence-electron chi connectivity index (χ0n) is 11.2. The van der Waals surface area contributed by atoms with Crippen LogP contribution in [0.15, 0.2) is 12.4 Å². The van der Waals surface area contributed by atoms with E-state index in [0.717, 1.165) is 25.2 Å². The molecule has 1 heterocycles. The molecule has 0 fully saturated rings. The van der Waals surface area contributed by atoms with Gasteiger partial charge < -0.3 is 9.88 Å². The highest BCUT2D eigenvalue weighted by Crippen LogP contribution is 2.28. The van der Waals surface area contributed by atoms with Gasteiger partial charge in [0.15, 0.2) is 0 Å². The van der Waals surface area contributed by atoms with Crippen molar-refractivity contribution in [3.63, 3.8) is 0 Å². The Morgan fingerprint density at radius 1 is 1.44 bits per heavy atom. The summed E-state index contributed by atoms with van der Waals surface area (Å²) >= 11 is 0. The first-order valence-electron chi connectivity index (χ1n) is 6.14. The summed E-state index contributed by atoms with van der Waals surface area (Å²) in [7, 11) is 2.06. The van der Waals surface area contributed by atoms with Crippen molar-refractivity contribution >= 4 is 0 Å². The highest BCUT2D eigenvalue weighted by atomic mass is 15.1. The summed E-state index contributed by atoms with van der Waals surface area (Å²) in [5.41, 5.74) is 0.317. The molecule has 1 aromatic rings. The molecule has 0 spiro atoms. The van der Waals surface area contributed by atoms with Gasteiger partial charge in [-0.15, -0.1) is 0 Å². The Hall–Kier alpha value is -0.830. The Kier molecular flexibility index (Phi) is 4.54. The fraction of sp³-hybridized carbons (Fsp3) is 0.769. The van der Waals surface area contributed by atoms with E-state index < -0.39 is 0 Å². The average Bonchev–Trinajstić information content (AvgIpc) is 2.57. The minimum Gasteiger partial charge on any atom is -0.337 e. The van der Waals surface area contributed by atoms with Crippen LogP contribution < -0.4 is 5.32 Å². The molecule has 1 N–H and O–H groups in total. The maximum Gasteiger partial charge on any atom is 0.125 e. The Morgan fingerprint density at radius 2 is 2.12 bits per heavy atom. The maximum atomic E-state index is 4.45. The summed E-state index contributed by atoms with van der Waals surface area (Å²) < 4.78 is 2.11. The molecule has 1 rings (SSSR count). The van der Waals surface area contributed by atoms with Crippen molar-refractivity contribution in [2.45, 2.75) is 46.6 Å². The summed E-state index contributed by atoms with van der Waals surface area (Å²) in [6.07, 6.45) is 6.15. The van der Waals surface area contributed by atoms with Gasteiger partial charge in [-0.05, 0) is 24.8 Å². The smallest absolute Gasteiger partial charge is 0.125 e. The fourth-order valence-electron chi connectivity index (χ4n) is 1.90. The second-order valence-electron chi connectivity index (χ2n) is 5.67. The van der Waals surface area contributed by atoms with Crippen LogP contribution >= 0.6 is 0 Å². The van der Waals surface area contributed by atoms with Crippen LogP contribution in [-0.4, -0.2) is 16.1 Å². The quantitative estimate of drug-likeness (QED) is 0.832. The Labute approximate surface area is 99.3 Å². The Morgan fingerprint density at radius 3 is 2.56 bits per heavy atom. The lowest BCUT2D eigenvalue weighted by atomic mass is 9.87. The fourth-order valence-corrected chi connectivity index (χ4v) is 1.90. The molecule has 1 aromatic heterocycles. The monoisotopic (exact) mass is 223 g/mol. The van der Waals surface area contributed by atoms with Gasteiger partial charge in [-0.1, -0.05) is 27.7 Å². The number of aromatic nitrogens is 2. The molecule has 0 radical (unpaired) electrons. The van der Waals surface area contributed by atoms with Crippen LogP contribution in [0.2, 0.25) is 0 Å². The summed E-state index contributed by atoms with van der Waals surface area (Å²) in [5.74, 6) is 1.14. The van der Waals surface area contributed by atoms with Gasteiger partial charge in [0.2, 0.25) is 0 Å². The molecule has 92 valence electrons. The molecule has 0 amide bonds. The van der Waals surface area contributed by atoms with Crippen molar-refractivity contribution in [3.05, 3.63) is 18.2 Å². The Bertz CT molecular complexity index is 309. The van der Waals surface area contributed by atoms with E-state index in [9.17, 15) is 0 Å². The maximum absolute atomic E-state index is 4.45. The van der Waals surface area contributed by atoms with Crippen molar-refractivity contribution in [1.29, 1.82) is 0 Å². The lowest BCUT2D eigenvalue weighted by Gasteiger charge is -2.26. The minimum absolute atomic E-state index is 0.317. The van der Waals surface area contributed by atoms with E-state index in [1.165, 1.54) is 0 Å². The first-order chi connectivity index (χ1) is 7.44. The van der Waals surface area contributed by atoms with Gasteiger partial charge in [0.05, 0.1) is 6.04 Å². The van der Waals surface area contributed by atoms with Crippen molar-refractivity contribution in [2.24, 2.45) is 12.5 Å². The third kappa shape index (κ3) is 3.97.